The summed E-state index contributed by atoms with van der Waals surface area (Å²) in [6.07, 6.45) is -0.562. The van der Waals surface area contributed by atoms with Crippen LogP contribution in [0.5, 0.6) is 0 Å². The first kappa shape index (κ1) is 15.6. The molecule has 22 heavy (non-hydrogen) atoms. The Labute approximate surface area is 128 Å². The number of rotatable bonds is 5. The van der Waals surface area contributed by atoms with E-state index in [0.717, 1.165) is 16.7 Å². The molecule has 0 bridgehead atoms. The Hall–Kier alpha value is -2.82. The Morgan fingerprint density at radius 1 is 1.05 bits per heavy atom. The molecule has 2 N–H and O–H groups in total. The van der Waals surface area contributed by atoms with Gasteiger partial charge in [0.15, 0.2) is 0 Å². The molecule has 5 heteroatoms. The first-order valence-electron chi connectivity index (χ1n) is 6.82. The summed E-state index contributed by atoms with van der Waals surface area (Å²) < 4.78 is 4.43. The van der Waals surface area contributed by atoms with Crippen LogP contribution < -0.4 is 5.32 Å². The molecule has 0 spiro atoms. The van der Waals surface area contributed by atoms with Gasteiger partial charge in [-0.3, -0.25) is 0 Å². The number of amides is 1. The molecule has 0 aliphatic carbocycles. The lowest BCUT2D eigenvalue weighted by molar-refractivity contribution is -0.139. The van der Waals surface area contributed by atoms with Gasteiger partial charge in [-0.15, -0.1) is 0 Å². The molecule has 1 atom stereocenters. The molecule has 0 aromatic heterocycles. The van der Waals surface area contributed by atoms with E-state index in [4.69, 9.17) is 5.11 Å². The molecule has 114 valence electrons. The van der Waals surface area contributed by atoms with E-state index in [1.807, 2.05) is 54.6 Å². The van der Waals surface area contributed by atoms with Gasteiger partial charge in [0.1, 0.15) is 6.04 Å². The van der Waals surface area contributed by atoms with Crippen molar-refractivity contribution in [2.45, 2.75) is 12.5 Å². The quantitative estimate of drug-likeness (QED) is 0.890. The van der Waals surface area contributed by atoms with Crippen molar-refractivity contribution < 1.29 is 19.4 Å². The molecular weight excluding hydrogens is 282 g/mol. The first-order chi connectivity index (χ1) is 10.6. The summed E-state index contributed by atoms with van der Waals surface area (Å²) in [5.74, 6) is -1.10. The SMILES string of the molecule is COC(=O)N[C@@H](Cc1ccc(-c2ccccc2)cc1)C(=O)O. The lowest BCUT2D eigenvalue weighted by Gasteiger charge is -2.14. The summed E-state index contributed by atoms with van der Waals surface area (Å²) in [4.78, 5) is 22.3. The average molecular weight is 299 g/mol. The largest absolute Gasteiger partial charge is 0.480 e. The Kier molecular flexibility index (Phi) is 5.14. The third-order valence-corrected chi connectivity index (χ3v) is 3.28. The molecule has 2 rings (SSSR count). The Morgan fingerprint density at radius 3 is 2.18 bits per heavy atom. The second-order valence-electron chi connectivity index (χ2n) is 4.79. The van der Waals surface area contributed by atoms with Crippen LogP contribution in [0.2, 0.25) is 0 Å². The monoisotopic (exact) mass is 299 g/mol. The molecule has 2 aromatic carbocycles. The summed E-state index contributed by atoms with van der Waals surface area (Å²) in [6, 6.07) is 16.5. The van der Waals surface area contributed by atoms with Crippen LogP contribution in [0.1, 0.15) is 5.56 Å². The minimum atomic E-state index is -1.10. The highest BCUT2D eigenvalue weighted by atomic mass is 16.5. The summed E-state index contributed by atoms with van der Waals surface area (Å²) in [5, 5.41) is 11.4. The second kappa shape index (κ2) is 7.26. The van der Waals surface area contributed by atoms with Crippen molar-refractivity contribution in [2.24, 2.45) is 0 Å². The van der Waals surface area contributed by atoms with Gasteiger partial charge in [-0.2, -0.15) is 0 Å². The normalized spacial score (nSPS) is 11.5. The molecule has 5 nitrogen and oxygen atoms in total. The molecule has 0 heterocycles. The fraction of sp³-hybridized carbons (Fsp3) is 0.176. The van der Waals surface area contributed by atoms with Crippen LogP contribution in [0.3, 0.4) is 0 Å². The predicted molar refractivity (Wildman–Crippen MR) is 82.5 cm³/mol. The number of aliphatic carboxylic acids is 1. The van der Waals surface area contributed by atoms with Gasteiger partial charge >= 0.3 is 12.1 Å². The van der Waals surface area contributed by atoms with Crippen LogP contribution in [0.25, 0.3) is 11.1 Å². The number of carboxylic acid groups (broad SMARTS) is 1. The van der Waals surface area contributed by atoms with Crippen molar-refractivity contribution in [1.29, 1.82) is 0 Å². The van der Waals surface area contributed by atoms with Gasteiger partial charge in [-0.1, -0.05) is 54.6 Å². The highest BCUT2D eigenvalue weighted by Crippen LogP contribution is 2.19. The van der Waals surface area contributed by atoms with Crippen molar-refractivity contribution in [2.75, 3.05) is 7.11 Å². The summed E-state index contributed by atoms with van der Waals surface area (Å²) in [6.45, 7) is 0. The maximum absolute atomic E-state index is 11.2. The van der Waals surface area contributed by atoms with Gasteiger partial charge in [0.05, 0.1) is 7.11 Å². The maximum atomic E-state index is 11.2. The molecule has 0 aliphatic heterocycles. The number of carbonyl (C=O) groups is 2. The number of ether oxygens (including phenoxy) is 1. The second-order valence-corrected chi connectivity index (χ2v) is 4.79. The minimum absolute atomic E-state index is 0.194. The van der Waals surface area contributed by atoms with Crippen molar-refractivity contribution in [1.82, 2.24) is 5.32 Å². The van der Waals surface area contributed by atoms with E-state index in [-0.39, 0.29) is 6.42 Å². The lowest BCUT2D eigenvalue weighted by Crippen LogP contribution is -2.42. The predicted octanol–water partition coefficient (Wildman–Crippen LogP) is 2.71. The number of hydrogen-bond acceptors (Lipinski definition) is 3. The molecule has 2 aromatic rings. The molecule has 0 saturated heterocycles. The first-order valence-corrected chi connectivity index (χ1v) is 6.82. The molecular formula is C17H17NO4. The zero-order valence-electron chi connectivity index (χ0n) is 12.2. The standard InChI is InChI=1S/C17H17NO4/c1-22-17(21)18-15(16(19)20)11-12-7-9-14(10-8-12)13-5-3-2-4-6-13/h2-10,15H,11H2,1H3,(H,18,21)(H,19,20)/t15-/m0/s1. The van der Waals surface area contributed by atoms with Crippen LogP contribution in [-0.2, 0) is 16.0 Å². The van der Waals surface area contributed by atoms with Crippen molar-refractivity contribution in [3.8, 4) is 11.1 Å². The molecule has 1 amide bonds. The third kappa shape index (κ3) is 4.09. The Morgan fingerprint density at radius 2 is 1.64 bits per heavy atom. The zero-order chi connectivity index (χ0) is 15.9. The number of hydrogen-bond donors (Lipinski definition) is 2. The Balaban J connectivity index is 2.09. The lowest BCUT2D eigenvalue weighted by atomic mass is 10.0. The molecule has 0 saturated carbocycles. The molecule has 0 radical (unpaired) electrons. The van der Waals surface area contributed by atoms with Crippen LogP contribution in [0.4, 0.5) is 4.79 Å². The fourth-order valence-electron chi connectivity index (χ4n) is 2.10. The minimum Gasteiger partial charge on any atom is -0.480 e. The zero-order valence-corrected chi connectivity index (χ0v) is 12.2. The van der Waals surface area contributed by atoms with E-state index in [1.165, 1.54) is 7.11 Å². The number of methoxy groups -OCH3 is 1. The van der Waals surface area contributed by atoms with Gasteiger partial charge in [-0.25, -0.2) is 9.59 Å². The fourth-order valence-corrected chi connectivity index (χ4v) is 2.10. The van der Waals surface area contributed by atoms with Crippen molar-refractivity contribution in [3.63, 3.8) is 0 Å². The van der Waals surface area contributed by atoms with Crippen molar-refractivity contribution in [3.05, 3.63) is 60.2 Å². The van der Waals surface area contributed by atoms with Gasteiger partial charge < -0.3 is 15.2 Å². The number of benzene rings is 2. The number of alkyl carbamates (subject to hydrolysis) is 1. The van der Waals surface area contributed by atoms with E-state index in [2.05, 4.69) is 10.1 Å². The summed E-state index contributed by atoms with van der Waals surface area (Å²) in [7, 11) is 1.20. The van der Waals surface area contributed by atoms with Crippen LogP contribution in [0.15, 0.2) is 54.6 Å². The number of nitrogens with one attached hydrogen (secondary N) is 1. The highest BCUT2D eigenvalue weighted by molar-refractivity contribution is 5.80. The van der Waals surface area contributed by atoms with Crippen LogP contribution >= 0.6 is 0 Å². The van der Waals surface area contributed by atoms with E-state index in [1.54, 1.807) is 0 Å². The summed E-state index contributed by atoms with van der Waals surface area (Å²) >= 11 is 0. The Bertz CT molecular complexity index is 637. The topological polar surface area (TPSA) is 75.6 Å². The van der Waals surface area contributed by atoms with Gasteiger partial charge in [0.2, 0.25) is 0 Å². The van der Waals surface area contributed by atoms with Crippen LogP contribution in [0, 0.1) is 0 Å². The average Bonchev–Trinajstić information content (AvgIpc) is 2.55. The summed E-state index contributed by atoms with van der Waals surface area (Å²) in [5.41, 5.74) is 2.97. The molecule has 0 unspecified atom stereocenters. The smallest absolute Gasteiger partial charge is 0.407 e. The van der Waals surface area contributed by atoms with E-state index >= 15 is 0 Å². The van der Waals surface area contributed by atoms with E-state index in [9.17, 15) is 9.59 Å². The van der Waals surface area contributed by atoms with Gasteiger partial charge in [0.25, 0.3) is 0 Å². The van der Waals surface area contributed by atoms with Crippen LogP contribution in [-0.4, -0.2) is 30.3 Å². The molecule has 0 aliphatic rings. The highest BCUT2D eigenvalue weighted by Gasteiger charge is 2.20. The van der Waals surface area contributed by atoms with E-state index < -0.39 is 18.1 Å². The van der Waals surface area contributed by atoms with Gasteiger partial charge in [-0.05, 0) is 16.7 Å². The van der Waals surface area contributed by atoms with Crippen molar-refractivity contribution >= 4 is 12.1 Å². The number of carboxylic acids is 1. The maximum Gasteiger partial charge on any atom is 0.407 e. The van der Waals surface area contributed by atoms with E-state index in [0.29, 0.717) is 0 Å². The third-order valence-electron chi connectivity index (χ3n) is 3.28. The number of carbonyl (C=O) groups excluding carboxylic acids is 1. The molecule has 0 fully saturated rings. The van der Waals surface area contributed by atoms with Gasteiger partial charge in [0, 0.05) is 6.42 Å².